The van der Waals surface area contributed by atoms with E-state index >= 15 is 0 Å². The van der Waals surface area contributed by atoms with E-state index in [1.54, 1.807) is 31.2 Å². The lowest BCUT2D eigenvalue weighted by Gasteiger charge is -2.33. The third-order valence-electron chi connectivity index (χ3n) is 12.8. The van der Waals surface area contributed by atoms with Crippen LogP contribution in [0.25, 0.3) is 11.1 Å². The zero-order chi connectivity index (χ0) is 48.0. The molecule has 4 atom stereocenters. The van der Waals surface area contributed by atoms with Crippen molar-refractivity contribution in [3.05, 3.63) is 82.9 Å². The van der Waals surface area contributed by atoms with E-state index in [9.17, 15) is 29.2 Å². The second kappa shape index (κ2) is 24.1. The number of nitriles is 1. The molecule has 0 unspecified atom stereocenters. The first kappa shape index (κ1) is 51.2. The van der Waals surface area contributed by atoms with Gasteiger partial charge >= 0.3 is 0 Å². The van der Waals surface area contributed by atoms with E-state index in [0.29, 0.717) is 66.2 Å². The molecule has 3 aromatic carbocycles. The van der Waals surface area contributed by atoms with Gasteiger partial charge in [0.25, 0.3) is 0 Å². The molecule has 5 rings (SSSR count). The number of hydrogen-bond acceptors (Lipinski definition) is 11. The van der Waals surface area contributed by atoms with Crippen molar-refractivity contribution in [1.29, 1.82) is 5.26 Å². The number of fused-ring (bicyclic) bond motifs is 5. The second-order valence-corrected chi connectivity index (χ2v) is 18.6. The minimum atomic E-state index is -1.27. The standard InChI is InChI=1S/C51H70N8O7/c1-32-43(60)8-6-7-38(47(61)56-26-23-53)29-33-9-19-44(65-27-24-54)40(30-33)41-31-37(16-20-45(41)66-28-25-55)46(49(63)57-32)59(5)50(64)42(21-22-52)58-48(62)36-12-10-34(11-13-36)35-14-17-39(18-15-35)51(2,3)4/h9,14-20,30-32,34,36,38,42,46H,6-8,10-13,21-22,24-29,52,54-55H2,1-5H3,(H,56,61)(H,57,63)(H,58,62)/t32-,34?,36?,38-,42-,46-/m0/s1. The van der Waals surface area contributed by atoms with Crippen molar-refractivity contribution in [3.8, 4) is 28.7 Å². The zero-order valence-corrected chi connectivity index (χ0v) is 39.3. The van der Waals surface area contributed by atoms with Gasteiger partial charge in [0.05, 0.1) is 12.1 Å². The zero-order valence-electron chi connectivity index (χ0n) is 39.3. The Balaban J connectivity index is 1.50. The maximum Gasteiger partial charge on any atom is 0.248 e. The molecule has 15 heteroatoms. The SMILES string of the molecule is C[C@@H]1NC(=O)[C@@H](N(C)C(=O)[C@H](CCN)NC(=O)C2CCC(c3ccc(C(C)(C)C)cc3)CC2)c2ccc(OCCN)c(c2)-c2cc(ccc2OCCN)C[C@@H](C(=O)NCC#N)CCCC1=O. The molecule has 1 aliphatic carbocycles. The number of nitrogens with zero attached hydrogens (tertiary/aromatic N) is 2. The maximum atomic E-state index is 14.7. The first-order chi connectivity index (χ1) is 31.6. The fraction of sp³-hybridized carbons (Fsp3) is 0.529. The van der Waals surface area contributed by atoms with Crippen molar-refractivity contribution < 1.29 is 33.4 Å². The average molecular weight is 907 g/mol. The van der Waals surface area contributed by atoms with Crippen LogP contribution in [0, 0.1) is 23.2 Å². The maximum absolute atomic E-state index is 14.7. The van der Waals surface area contributed by atoms with Gasteiger partial charge in [-0.15, -0.1) is 0 Å². The summed E-state index contributed by atoms with van der Waals surface area (Å²) in [4.78, 5) is 71.5. The van der Waals surface area contributed by atoms with Gasteiger partial charge in [0, 0.05) is 49.5 Å². The first-order valence-electron chi connectivity index (χ1n) is 23.4. The molecule has 0 radical (unpaired) electrons. The Morgan fingerprint density at radius 3 is 2.06 bits per heavy atom. The summed E-state index contributed by atoms with van der Waals surface area (Å²) in [5.74, 6) is -1.55. The van der Waals surface area contributed by atoms with Crippen LogP contribution in [0.3, 0.4) is 0 Å². The molecule has 15 nitrogen and oxygen atoms in total. The number of carbonyl (C=O) groups excluding carboxylic acids is 5. The van der Waals surface area contributed by atoms with Gasteiger partial charge in [0.15, 0.2) is 5.78 Å². The fourth-order valence-electron chi connectivity index (χ4n) is 9.01. The summed E-state index contributed by atoms with van der Waals surface area (Å²) in [5.41, 5.74) is 22.7. The van der Waals surface area contributed by atoms with Crippen molar-refractivity contribution in [1.82, 2.24) is 20.9 Å². The van der Waals surface area contributed by atoms with Crippen LogP contribution in [0.2, 0.25) is 0 Å². The number of ether oxygens (including phenoxy) is 2. The molecule has 4 amide bonds. The van der Waals surface area contributed by atoms with E-state index in [0.717, 1.165) is 18.4 Å². The van der Waals surface area contributed by atoms with Gasteiger partial charge in [0.2, 0.25) is 23.6 Å². The molecule has 3 aromatic rings. The molecule has 356 valence electrons. The Kier molecular flexibility index (Phi) is 18.7. The van der Waals surface area contributed by atoms with Gasteiger partial charge in [-0.25, -0.2) is 0 Å². The number of ketones is 1. The van der Waals surface area contributed by atoms with E-state index in [-0.39, 0.29) is 81.2 Å². The fourth-order valence-corrected chi connectivity index (χ4v) is 9.01. The summed E-state index contributed by atoms with van der Waals surface area (Å²) in [6, 6.07) is 18.1. The number of amides is 4. The van der Waals surface area contributed by atoms with E-state index in [2.05, 4.69) is 61.0 Å². The molecular weight excluding hydrogens is 837 g/mol. The lowest BCUT2D eigenvalue weighted by Crippen LogP contribution is -2.53. The van der Waals surface area contributed by atoms with E-state index < -0.39 is 35.9 Å². The van der Waals surface area contributed by atoms with Gasteiger partial charge < -0.3 is 47.5 Å². The van der Waals surface area contributed by atoms with Crippen molar-refractivity contribution in [2.24, 2.45) is 29.0 Å². The largest absolute Gasteiger partial charge is 0.492 e. The quantitative estimate of drug-likeness (QED) is 0.114. The minimum Gasteiger partial charge on any atom is -0.492 e. The molecular formula is C51H70N8O7. The topological polar surface area (TPSA) is 245 Å². The van der Waals surface area contributed by atoms with Gasteiger partial charge in [0.1, 0.15) is 43.3 Å². The predicted molar refractivity (Wildman–Crippen MR) is 254 cm³/mol. The molecule has 66 heavy (non-hydrogen) atoms. The number of nitrogens with one attached hydrogen (secondary N) is 3. The van der Waals surface area contributed by atoms with Crippen LogP contribution in [0.15, 0.2) is 60.7 Å². The molecule has 0 aromatic heterocycles. The van der Waals surface area contributed by atoms with Gasteiger partial charge in [-0.1, -0.05) is 57.2 Å². The Labute approximate surface area is 389 Å². The number of benzene rings is 3. The van der Waals surface area contributed by atoms with Crippen molar-refractivity contribution in [2.75, 3.05) is 46.4 Å². The van der Waals surface area contributed by atoms with E-state index in [1.807, 2.05) is 18.2 Å². The van der Waals surface area contributed by atoms with Crippen molar-refractivity contribution in [3.63, 3.8) is 0 Å². The monoisotopic (exact) mass is 907 g/mol. The van der Waals surface area contributed by atoms with Crippen LogP contribution in [0.1, 0.15) is 113 Å². The van der Waals surface area contributed by atoms with Gasteiger partial charge in [-0.05, 0) is 123 Å². The van der Waals surface area contributed by atoms with Gasteiger partial charge in [-0.2, -0.15) is 5.26 Å². The van der Waals surface area contributed by atoms with Crippen LogP contribution in [0.4, 0.5) is 0 Å². The Morgan fingerprint density at radius 2 is 1.45 bits per heavy atom. The Bertz CT molecular complexity index is 2190. The van der Waals surface area contributed by atoms with Crippen molar-refractivity contribution >= 4 is 29.4 Å². The molecule has 9 N–H and O–H groups in total. The second-order valence-electron chi connectivity index (χ2n) is 18.6. The highest BCUT2D eigenvalue weighted by atomic mass is 16.5. The lowest BCUT2D eigenvalue weighted by molar-refractivity contribution is -0.143. The van der Waals surface area contributed by atoms with E-state index in [4.69, 9.17) is 26.7 Å². The summed E-state index contributed by atoms with van der Waals surface area (Å²) in [6.07, 6.45) is 4.21. The highest BCUT2D eigenvalue weighted by Crippen LogP contribution is 2.41. The van der Waals surface area contributed by atoms with Crippen molar-refractivity contribution in [2.45, 2.75) is 115 Å². The van der Waals surface area contributed by atoms with Crippen LogP contribution in [-0.4, -0.2) is 92.8 Å². The van der Waals surface area contributed by atoms with Crippen LogP contribution >= 0.6 is 0 Å². The highest BCUT2D eigenvalue weighted by molar-refractivity contribution is 5.95. The summed E-state index contributed by atoms with van der Waals surface area (Å²) < 4.78 is 12.3. The number of nitrogens with two attached hydrogens (primary N) is 3. The summed E-state index contributed by atoms with van der Waals surface area (Å²) >= 11 is 0. The van der Waals surface area contributed by atoms with Crippen LogP contribution in [-0.2, 0) is 35.8 Å². The number of Topliss-reactive ketones (excluding diaryl/α,β-unsaturated/α-hetero) is 1. The summed E-state index contributed by atoms with van der Waals surface area (Å²) in [5, 5.41) is 17.7. The predicted octanol–water partition coefficient (Wildman–Crippen LogP) is 4.69. The van der Waals surface area contributed by atoms with Gasteiger partial charge in [-0.3, -0.25) is 24.0 Å². The molecule has 1 fully saturated rings. The molecule has 1 heterocycles. The lowest BCUT2D eigenvalue weighted by atomic mass is 9.77. The van der Waals surface area contributed by atoms with Crippen LogP contribution in [0.5, 0.6) is 11.5 Å². The average Bonchev–Trinajstić information content (AvgIpc) is 3.30. The number of rotatable bonds is 15. The molecule has 0 spiro atoms. The number of hydrogen-bond donors (Lipinski definition) is 6. The number of likely N-dealkylation sites (N-methyl/N-ethyl adjacent to an activating group) is 1. The van der Waals surface area contributed by atoms with E-state index in [1.165, 1.54) is 23.1 Å². The highest BCUT2D eigenvalue weighted by Gasteiger charge is 2.37. The summed E-state index contributed by atoms with van der Waals surface area (Å²) in [6.45, 7) is 8.93. The molecule has 1 aliphatic heterocycles. The third-order valence-corrected chi connectivity index (χ3v) is 12.8. The molecule has 1 saturated carbocycles. The van der Waals surface area contributed by atoms with Crippen LogP contribution < -0.4 is 42.6 Å². The first-order valence-corrected chi connectivity index (χ1v) is 23.4. The normalized spacial score (nSPS) is 20.8. The molecule has 2 aliphatic rings. The third kappa shape index (κ3) is 13.4. The Morgan fingerprint density at radius 1 is 0.833 bits per heavy atom. The minimum absolute atomic E-state index is 0.0592. The molecule has 4 bridgehead atoms. The smallest absolute Gasteiger partial charge is 0.248 e. The molecule has 0 saturated heterocycles. The number of carbonyl (C=O) groups is 5. The summed E-state index contributed by atoms with van der Waals surface area (Å²) in [7, 11) is 1.51. The Hall–Kier alpha value is -5.82.